The van der Waals surface area contributed by atoms with Gasteiger partial charge in [0.15, 0.2) is 0 Å². The predicted octanol–water partition coefficient (Wildman–Crippen LogP) is 2.57. The van der Waals surface area contributed by atoms with Crippen LogP contribution in [-0.4, -0.2) is 44.7 Å². The summed E-state index contributed by atoms with van der Waals surface area (Å²) in [7, 11) is -6.76. The minimum atomic E-state index is -3.62. The van der Waals surface area contributed by atoms with E-state index in [9.17, 15) is 16.8 Å². The van der Waals surface area contributed by atoms with Gasteiger partial charge >= 0.3 is 0 Å². The molecule has 2 aromatic rings. The lowest BCUT2D eigenvalue weighted by molar-refractivity contribution is 0.249. The topological polar surface area (TPSA) is 71.5 Å². The molecule has 0 amide bonds. The third-order valence-electron chi connectivity index (χ3n) is 5.52. The normalized spacial score (nSPS) is 27.6. The number of rotatable bonds is 3. The molecule has 2 atom stereocenters. The van der Waals surface area contributed by atoms with Crippen LogP contribution in [-0.2, 0) is 19.9 Å². The summed E-state index contributed by atoms with van der Waals surface area (Å²) in [5.74, 6) is 0. The minimum absolute atomic E-state index is 0.213. The molecule has 5 nitrogen and oxygen atoms in total. The number of hydrogen-bond acceptors (Lipinski definition) is 4. The zero-order valence-corrected chi connectivity index (χ0v) is 15.6. The van der Waals surface area contributed by atoms with Crippen molar-refractivity contribution in [2.75, 3.05) is 6.26 Å². The fourth-order valence-electron chi connectivity index (χ4n) is 4.28. The molecule has 2 bridgehead atoms. The molecule has 7 heteroatoms. The zero-order chi connectivity index (χ0) is 17.8. The van der Waals surface area contributed by atoms with Gasteiger partial charge in [0.2, 0.25) is 10.0 Å². The molecule has 0 N–H and O–H groups in total. The first-order chi connectivity index (χ1) is 11.8. The van der Waals surface area contributed by atoms with Gasteiger partial charge in [0.1, 0.15) is 9.84 Å². The average molecular weight is 380 g/mol. The first-order valence-corrected chi connectivity index (χ1v) is 11.9. The summed E-state index contributed by atoms with van der Waals surface area (Å²) in [6.07, 6.45) is 3.54. The molecule has 0 spiro atoms. The van der Waals surface area contributed by atoms with Crippen LogP contribution in [0.2, 0.25) is 0 Å². The molecule has 0 aromatic heterocycles. The Bertz CT molecular complexity index is 1020. The van der Waals surface area contributed by atoms with Crippen LogP contribution in [0.5, 0.6) is 0 Å². The fraction of sp³-hybridized carbons (Fsp3) is 0.444. The third-order valence-corrected chi connectivity index (χ3v) is 9.12. The Morgan fingerprint density at radius 2 is 1.48 bits per heavy atom. The molecular weight excluding hydrogens is 358 g/mol. The van der Waals surface area contributed by atoms with Crippen molar-refractivity contribution in [3.05, 3.63) is 42.5 Å². The van der Waals surface area contributed by atoms with Crippen LogP contribution in [0.4, 0.5) is 0 Å². The van der Waals surface area contributed by atoms with E-state index < -0.39 is 25.1 Å². The summed E-state index contributed by atoms with van der Waals surface area (Å²) in [4.78, 5) is 0.293. The van der Waals surface area contributed by atoms with Crippen molar-refractivity contribution >= 4 is 30.6 Å². The highest BCUT2D eigenvalue weighted by Gasteiger charge is 2.49. The van der Waals surface area contributed by atoms with Gasteiger partial charge in [-0.25, -0.2) is 16.8 Å². The van der Waals surface area contributed by atoms with Crippen LogP contribution >= 0.6 is 0 Å². The third kappa shape index (κ3) is 2.88. The van der Waals surface area contributed by atoms with E-state index >= 15 is 0 Å². The van der Waals surface area contributed by atoms with Gasteiger partial charge in [-0.2, -0.15) is 4.31 Å². The maximum atomic E-state index is 13.2. The van der Waals surface area contributed by atoms with Crippen molar-refractivity contribution in [1.29, 1.82) is 0 Å². The second kappa shape index (κ2) is 5.79. The molecule has 4 rings (SSSR count). The number of nitrogens with zero attached hydrogens (tertiary/aromatic N) is 1. The van der Waals surface area contributed by atoms with E-state index in [2.05, 4.69) is 0 Å². The molecule has 2 fully saturated rings. The van der Waals surface area contributed by atoms with E-state index in [4.69, 9.17) is 0 Å². The summed E-state index contributed by atoms with van der Waals surface area (Å²) in [5, 5.41) is 1.47. The second-order valence-electron chi connectivity index (χ2n) is 7.15. The number of fused-ring (bicyclic) bond motifs is 3. The molecule has 0 saturated carbocycles. The first-order valence-electron chi connectivity index (χ1n) is 8.48. The molecule has 25 heavy (non-hydrogen) atoms. The van der Waals surface area contributed by atoms with Crippen molar-refractivity contribution < 1.29 is 16.8 Å². The number of sulfone groups is 1. The fourth-order valence-corrected chi connectivity index (χ4v) is 7.35. The largest absolute Gasteiger partial charge is 0.243 e. The average Bonchev–Trinajstić information content (AvgIpc) is 2.84. The molecule has 2 aliphatic heterocycles. The minimum Gasteiger partial charge on any atom is -0.229 e. The smallest absolute Gasteiger partial charge is 0.229 e. The van der Waals surface area contributed by atoms with Crippen molar-refractivity contribution in [3.8, 4) is 0 Å². The predicted molar refractivity (Wildman–Crippen MR) is 97.6 cm³/mol. The van der Waals surface area contributed by atoms with Gasteiger partial charge < -0.3 is 0 Å². The highest BCUT2D eigenvalue weighted by molar-refractivity contribution is 7.91. The summed E-state index contributed by atoms with van der Waals surface area (Å²) < 4.78 is 51.9. The van der Waals surface area contributed by atoms with E-state index in [1.807, 2.05) is 30.3 Å². The molecule has 2 heterocycles. The summed E-state index contributed by atoms with van der Waals surface area (Å²) in [5.41, 5.74) is 0. The Balaban J connectivity index is 1.71. The molecule has 0 aliphatic carbocycles. The number of sulfonamides is 1. The van der Waals surface area contributed by atoms with Crippen molar-refractivity contribution in [3.63, 3.8) is 0 Å². The standard InChI is InChI=1S/C18H21NO4S2/c1-24(20,21)18-11-15-7-8-16(12-18)19(15)25(22,23)17-9-6-13-4-2-3-5-14(13)10-17/h2-6,9-10,15-16,18H,7-8,11-12H2,1H3. The zero-order valence-electron chi connectivity index (χ0n) is 14.0. The molecule has 2 aliphatic rings. The summed E-state index contributed by atoms with van der Waals surface area (Å²) in [6.45, 7) is 0. The Morgan fingerprint density at radius 1 is 0.880 bits per heavy atom. The molecular formula is C18H21NO4S2. The first kappa shape index (κ1) is 17.0. The Kier molecular flexibility index (Phi) is 3.94. The SMILES string of the molecule is CS(=O)(=O)C1CC2CCC(C1)N2S(=O)(=O)c1ccc2ccccc2c1. The van der Waals surface area contributed by atoms with Crippen LogP contribution < -0.4 is 0 Å². The van der Waals surface area contributed by atoms with E-state index in [0.29, 0.717) is 17.7 Å². The number of hydrogen-bond donors (Lipinski definition) is 0. The summed E-state index contributed by atoms with van der Waals surface area (Å²) in [6, 6.07) is 12.4. The van der Waals surface area contributed by atoms with Gasteiger partial charge in [-0.3, -0.25) is 0 Å². The number of piperidine rings is 1. The molecule has 134 valence electrons. The maximum absolute atomic E-state index is 13.2. The quantitative estimate of drug-likeness (QED) is 0.822. The molecule has 2 aromatic carbocycles. The van der Waals surface area contributed by atoms with Gasteiger partial charge in [-0.15, -0.1) is 0 Å². The van der Waals surface area contributed by atoms with Gasteiger partial charge in [0.05, 0.1) is 10.1 Å². The monoisotopic (exact) mass is 379 g/mol. The number of benzene rings is 2. The van der Waals surface area contributed by atoms with Crippen LogP contribution in [0.1, 0.15) is 25.7 Å². The Hall–Kier alpha value is -1.44. The molecule has 0 radical (unpaired) electrons. The van der Waals surface area contributed by atoms with Gasteiger partial charge in [-0.05, 0) is 48.6 Å². The molecule has 2 unspecified atom stereocenters. The summed E-state index contributed by atoms with van der Waals surface area (Å²) >= 11 is 0. The Labute approximate surface area is 148 Å². The van der Waals surface area contributed by atoms with E-state index in [1.54, 1.807) is 16.4 Å². The maximum Gasteiger partial charge on any atom is 0.243 e. The highest BCUT2D eigenvalue weighted by atomic mass is 32.2. The van der Waals surface area contributed by atoms with Crippen molar-refractivity contribution in [2.45, 2.75) is 47.9 Å². The van der Waals surface area contributed by atoms with Gasteiger partial charge in [0, 0.05) is 18.3 Å². The second-order valence-corrected chi connectivity index (χ2v) is 11.3. The highest BCUT2D eigenvalue weighted by Crippen LogP contribution is 2.41. The lowest BCUT2D eigenvalue weighted by atomic mass is 10.1. The van der Waals surface area contributed by atoms with Crippen LogP contribution in [0, 0.1) is 0 Å². The van der Waals surface area contributed by atoms with Crippen molar-refractivity contribution in [1.82, 2.24) is 4.31 Å². The van der Waals surface area contributed by atoms with Gasteiger partial charge in [0.25, 0.3) is 0 Å². The van der Waals surface area contributed by atoms with E-state index in [0.717, 1.165) is 23.6 Å². The molecule has 2 saturated heterocycles. The van der Waals surface area contributed by atoms with E-state index in [-0.39, 0.29) is 12.1 Å². The van der Waals surface area contributed by atoms with Crippen molar-refractivity contribution in [2.24, 2.45) is 0 Å². The lowest BCUT2D eigenvalue weighted by Crippen LogP contribution is -2.49. The Morgan fingerprint density at radius 3 is 2.08 bits per heavy atom. The van der Waals surface area contributed by atoms with Gasteiger partial charge in [-0.1, -0.05) is 30.3 Å². The van der Waals surface area contributed by atoms with Crippen LogP contribution in [0.3, 0.4) is 0 Å². The van der Waals surface area contributed by atoms with Crippen LogP contribution in [0.15, 0.2) is 47.4 Å². The van der Waals surface area contributed by atoms with Crippen LogP contribution in [0.25, 0.3) is 10.8 Å². The van der Waals surface area contributed by atoms with E-state index in [1.165, 1.54) is 6.26 Å². The lowest BCUT2D eigenvalue weighted by Gasteiger charge is -2.37.